The SMILES string of the molecule is CC1(c2ccco2)NC(=O)N(CCCc2ccccc2)C1=O. The van der Waals surface area contributed by atoms with Crippen LogP contribution in [0.2, 0.25) is 0 Å². The van der Waals surface area contributed by atoms with E-state index in [4.69, 9.17) is 4.42 Å². The van der Waals surface area contributed by atoms with E-state index in [9.17, 15) is 9.59 Å². The Morgan fingerprint density at radius 3 is 2.59 bits per heavy atom. The summed E-state index contributed by atoms with van der Waals surface area (Å²) < 4.78 is 5.30. The zero-order valence-corrected chi connectivity index (χ0v) is 12.4. The smallest absolute Gasteiger partial charge is 0.325 e. The van der Waals surface area contributed by atoms with Gasteiger partial charge in [0.05, 0.1) is 6.26 Å². The summed E-state index contributed by atoms with van der Waals surface area (Å²) in [5.74, 6) is 0.192. The Hall–Kier alpha value is -2.56. The van der Waals surface area contributed by atoms with Gasteiger partial charge in [-0.15, -0.1) is 0 Å². The Morgan fingerprint density at radius 2 is 1.91 bits per heavy atom. The second-order valence-corrected chi connectivity index (χ2v) is 5.58. The van der Waals surface area contributed by atoms with Crippen molar-refractivity contribution in [1.29, 1.82) is 0 Å². The van der Waals surface area contributed by atoms with Gasteiger partial charge in [0.15, 0.2) is 5.54 Å². The minimum Gasteiger partial charge on any atom is -0.466 e. The van der Waals surface area contributed by atoms with Crippen LogP contribution in [0.25, 0.3) is 0 Å². The lowest BCUT2D eigenvalue weighted by atomic mass is 9.99. The third kappa shape index (κ3) is 2.50. The van der Waals surface area contributed by atoms with Crippen LogP contribution in [0, 0.1) is 0 Å². The molecule has 114 valence electrons. The average molecular weight is 298 g/mol. The van der Waals surface area contributed by atoms with Gasteiger partial charge in [-0.2, -0.15) is 0 Å². The summed E-state index contributed by atoms with van der Waals surface area (Å²) in [4.78, 5) is 25.9. The van der Waals surface area contributed by atoms with Gasteiger partial charge in [-0.3, -0.25) is 9.69 Å². The fourth-order valence-corrected chi connectivity index (χ4v) is 2.72. The minimum absolute atomic E-state index is 0.263. The normalized spacial score (nSPS) is 21.2. The number of aryl methyl sites for hydroxylation is 1. The highest BCUT2D eigenvalue weighted by atomic mass is 16.3. The molecule has 3 amide bonds. The molecular formula is C17H18N2O3. The number of hydrogen-bond acceptors (Lipinski definition) is 3. The molecule has 2 heterocycles. The van der Waals surface area contributed by atoms with Gasteiger partial charge >= 0.3 is 6.03 Å². The standard InChI is InChI=1S/C17H18N2O3/c1-17(14-10-6-12-22-14)15(20)19(16(21)18-17)11-5-9-13-7-3-2-4-8-13/h2-4,6-8,10,12H,5,9,11H2,1H3,(H,18,21). The second kappa shape index (κ2) is 5.67. The third-order valence-corrected chi connectivity index (χ3v) is 3.98. The van der Waals surface area contributed by atoms with Crippen molar-refractivity contribution in [2.45, 2.75) is 25.3 Å². The van der Waals surface area contributed by atoms with Gasteiger partial charge in [-0.25, -0.2) is 4.79 Å². The molecule has 2 aromatic rings. The fourth-order valence-electron chi connectivity index (χ4n) is 2.72. The van der Waals surface area contributed by atoms with E-state index in [1.807, 2.05) is 30.3 Å². The number of nitrogens with zero attached hydrogens (tertiary/aromatic N) is 1. The molecule has 0 bridgehead atoms. The molecule has 1 aromatic carbocycles. The number of hydrogen-bond donors (Lipinski definition) is 1. The quantitative estimate of drug-likeness (QED) is 0.863. The number of benzene rings is 1. The molecule has 1 fully saturated rings. The number of furan rings is 1. The van der Waals surface area contributed by atoms with Gasteiger partial charge in [-0.1, -0.05) is 30.3 Å². The minimum atomic E-state index is -1.10. The highest BCUT2D eigenvalue weighted by molar-refractivity contribution is 6.06. The lowest BCUT2D eigenvalue weighted by Gasteiger charge is -2.19. The van der Waals surface area contributed by atoms with Crippen molar-refractivity contribution in [2.24, 2.45) is 0 Å². The van der Waals surface area contributed by atoms with E-state index in [1.165, 1.54) is 16.7 Å². The zero-order valence-electron chi connectivity index (χ0n) is 12.4. The topological polar surface area (TPSA) is 62.6 Å². The Morgan fingerprint density at radius 1 is 1.14 bits per heavy atom. The van der Waals surface area contributed by atoms with E-state index in [0.29, 0.717) is 12.3 Å². The van der Waals surface area contributed by atoms with Gasteiger partial charge in [0, 0.05) is 6.54 Å². The van der Waals surface area contributed by atoms with E-state index < -0.39 is 5.54 Å². The highest BCUT2D eigenvalue weighted by Gasteiger charge is 2.50. The molecule has 3 rings (SSSR count). The molecule has 5 nitrogen and oxygen atoms in total. The van der Waals surface area contributed by atoms with Crippen LogP contribution in [0.15, 0.2) is 53.1 Å². The molecule has 1 aliphatic heterocycles. The molecule has 22 heavy (non-hydrogen) atoms. The molecule has 1 atom stereocenters. The van der Waals surface area contributed by atoms with Gasteiger partial charge in [0.25, 0.3) is 5.91 Å². The summed E-state index contributed by atoms with van der Waals surface area (Å²) in [5.41, 5.74) is 0.0937. The fraction of sp³-hybridized carbons (Fsp3) is 0.294. The first-order chi connectivity index (χ1) is 10.6. The summed E-state index contributed by atoms with van der Waals surface area (Å²) in [6, 6.07) is 13.1. The number of urea groups is 1. The summed E-state index contributed by atoms with van der Waals surface area (Å²) in [6.07, 6.45) is 3.06. The van der Waals surface area contributed by atoms with Crippen molar-refractivity contribution in [1.82, 2.24) is 10.2 Å². The Kier molecular flexibility index (Phi) is 3.71. The third-order valence-electron chi connectivity index (χ3n) is 3.98. The van der Waals surface area contributed by atoms with E-state index in [-0.39, 0.29) is 11.9 Å². The molecule has 5 heteroatoms. The van der Waals surface area contributed by atoms with Crippen LogP contribution in [-0.2, 0) is 16.8 Å². The molecular weight excluding hydrogens is 280 g/mol. The van der Waals surface area contributed by atoms with Crippen molar-refractivity contribution in [2.75, 3.05) is 6.54 Å². The molecule has 1 aromatic heterocycles. The Labute approximate surface area is 128 Å². The van der Waals surface area contributed by atoms with Crippen LogP contribution >= 0.6 is 0 Å². The number of rotatable bonds is 5. The molecule has 0 aliphatic carbocycles. The number of nitrogens with one attached hydrogen (secondary N) is 1. The lowest BCUT2D eigenvalue weighted by Crippen LogP contribution is -2.40. The van der Waals surface area contributed by atoms with Crippen molar-refractivity contribution in [3.8, 4) is 0 Å². The predicted molar refractivity (Wildman–Crippen MR) is 81.1 cm³/mol. The lowest BCUT2D eigenvalue weighted by molar-refractivity contribution is -0.131. The molecule has 0 radical (unpaired) electrons. The number of carbonyl (C=O) groups excluding carboxylic acids is 2. The Balaban J connectivity index is 1.65. The Bertz CT molecular complexity index is 666. The summed E-state index contributed by atoms with van der Waals surface area (Å²) >= 11 is 0. The van der Waals surface area contributed by atoms with Crippen molar-refractivity contribution in [3.05, 3.63) is 60.1 Å². The van der Waals surface area contributed by atoms with Crippen molar-refractivity contribution >= 4 is 11.9 Å². The van der Waals surface area contributed by atoms with E-state index in [1.54, 1.807) is 19.1 Å². The van der Waals surface area contributed by atoms with E-state index in [2.05, 4.69) is 5.32 Å². The van der Waals surface area contributed by atoms with Crippen molar-refractivity contribution in [3.63, 3.8) is 0 Å². The van der Waals surface area contributed by atoms with Gasteiger partial charge in [-0.05, 0) is 37.5 Å². The van der Waals surface area contributed by atoms with Gasteiger partial charge < -0.3 is 9.73 Å². The molecule has 1 aliphatic rings. The van der Waals surface area contributed by atoms with Crippen LogP contribution < -0.4 is 5.32 Å². The summed E-state index contributed by atoms with van der Waals surface area (Å²) in [5, 5.41) is 2.72. The van der Waals surface area contributed by atoms with E-state index >= 15 is 0 Å². The maximum atomic E-state index is 12.6. The molecule has 1 saturated heterocycles. The molecule has 1 unspecified atom stereocenters. The summed E-state index contributed by atoms with van der Waals surface area (Å²) in [6.45, 7) is 2.07. The molecule has 1 N–H and O–H groups in total. The van der Waals surface area contributed by atoms with Gasteiger partial charge in [0.1, 0.15) is 5.76 Å². The van der Waals surface area contributed by atoms with Crippen LogP contribution in [0.1, 0.15) is 24.7 Å². The number of imide groups is 1. The monoisotopic (exact) mass is 298 g/mol. The second-order valence-electron chi connectivity index (χ2n) is 5.58. The van der Waals surface area contributed by atoms with Crippen LogP contribution in [0.5, 0.6) is 0 Å². The van der Waals surface area contributed by atoms with Crippen molar-refractivity contribution < 1.29 is 14.0 Å². The number of carbonyl (C=O) groups is 2. The largest absolute Gasteiger partial charge is 0.466 e. The maximum Gasteiger partial charge on any atom is 0.325 e. The van der Waals surface area contributed by atoms with Crippen LogP contribution in [-0.4, -0.2) is 23.4 Å². The highest BCUT2D eigenvalue weighted by Crippen LogP contribution is 2.29. The average Bonchev–Trinajstić information content (AvgIpc) is 3.12. The first-order valence-corrected chi connectivity index (χ1v) is 7.33. The molecule has 0 spiro atoms. The maximum absolute atomic E-state index is 12.6. The molecule has 0 saturated carbocycles. The predicted octanol–water partition coefficient (Wildman–Crippen LogP) is 2.68. The van der Waals surface area contributed by atoms with E-state index in [0.717, 1.165) is 12.8 Å². The summed E-state index contributed by atoms with van der Waals surface area (Å²) in [7, 11) is 0. The van der Waals surface area contributed by atoms with Crippen LogP contribution in [0.4, 0.5) is 4.79 Å². The number of amides is 3. The van der Waals surface area contributed by atoms with Crippen LogP contribution in [0.3, 0.4) is 0 Å². The first kappa shape index (κ1) is 14.4. The first-order valence-electron chi connectivity index (χ1n) is 7.33. The van der Waals surface area contributed by atoms with Gasteiger partial charge in [0.2, 0.25) is 0 Å². The zero-order chi connectivity index (χ0) is 15.6.